The van der Waals surface area contributed by atoms with E-state index in [1.54, 1.807) is 24.1 Å². The van der Waals surface area contributed by atoms with Gasteiger partial charge in [0.15, 0.2) is 5.82 Å². The number of carbonyl (C=O) groups is 2. The molecule has 1 atom stereocenters. The zero-order valence-corrected chi connectivity index (χ0v) is 22.4. The Morgan fingerprint density at radius 3 is 2.68 bits per heavy atom. The molecule has 1 aliphatic carbocycles. The number of hydrogen-bond acceptors (Lipinski definition) is 7. The first-order chi connectivity index (χ1) is 17.9. The van der Waals surface area contributed by atoms with Gasteiger partial charge in [0.25, 0.3) is 5.91 Å². The molecule has 2 amide bonds. The van der Waals surface area contributed by atoms with E-state index in [-0.39, 0.29) is 17.9 Å². The lowest BCUT2D eigenvalue weighted by Gasteiger charge is -2.42. The van der Waals surface area contributed by atoms with Crippen LogP contribution in [0.15, 0.2) is 30.3 Å². The van der Waals surface area contributed by atoms with Crippen molar-refractivity contribution < 1.29 is 19.1 Å². The molecule has 37 heavy (non-hydrogen) atoms. The van der Waals surface area contributed by atoms with Crippen LogP contribution in [0.25, 0.3) is 0 Å². The van der Waals surface area contributed by atoms with E-state index in [0.717, 1.165) is 43.8 Å². The van der Waals surface area contributed by atoms with Crippen molar-refractivity contribution >= 4 is 34.8 Å². The maximum atomic E-state index is 12.9. The second-order valence-electron chi connectivity index (χ2n) is 9.72. The number of pyridine rings is 1. The van der Waals surface area contributed by atoms with Gasteiger partial charge in [-0.1, -0.05) is 19.8 Å². The SMILES string of the molecule is CCCOCCCNC(=O)c1ccc(Nc2ccc3c(n2)N(C2CCCC2)[C@H](C)C(=O)N3C)c(OC)c1. The summed E-state index contributed by atoms with van der Waals surface area (Å²) >= 11 is 0. The Kier molecular flexibility index (Phi) is 8.87. The molecule has 2 aliphatic rings. The predicted octanol–water partition coefficient (Wildman–Crippen LogP) is 4.49. The van der Waals surface area contributed by atoms with Crippen molar-refractivity contribution in [2.75, 3.05) is 49.0 Å². The normalized spacial score (nSPS) is 17.6. The fraction of sp³-hybridized carbons (Fsp3) is 0.536. The standard InChI is InChI=1S/C28H39N5O4/c1-5-16-37-17-8-15-29-27(34)20-11-12-22(24(18-20)36-4)30-25-14-13-23-26(31-25)33(21-9-6-7-10-21)19(2)28(35)32(23)3/h11-14,18-19,21H,5-10,15-17H2,1-4H3,(H,29,34)(H,30,31)/t19-/m1/s1. The van der Waals surface area contributed by atoms with Crippen LogP contribution in [-0.2, 0) is 9.53 Å². The largest absolute Gasteiger partial charge is 0.495 e. The lowest BCUT2D eigenvalue weighted by atomic mass is 10.1. The van der Waals surface area contributed by atoms with Crippen LogP contribution >= 0.6 is 0 Å². The number of fused-ring (bicyclic) bond motifs is 1. The van der Waals surface area contributed by atoms with Gasteiger partial charge in [-0.3, -0.25) is 9.59 Å². The van der Waals surface area contributed by atoms with Crippen molar-refractivity contribution in [3.05, 3.63) is 35.9 Å². The lowest BCUT2D eigenvalue weighted by Crippen LogP contribution is -2.54. The number of anilines is 4. The third-order valence-electron chi connectivity index (χ3n) is 7.11. The number of ether oxygens (including phenoxy) is 2. The van der Waals surface area contributed by atoms with Gasteiger partial charge in [-0.15, -0.1) is 0 Å². The molecule has 0 spiro atoms. The first kappa shape index (κ1) is 26.7. The Morgan fingerprint density at radius 2 is 1.95 bits per heavy atom. The average Bonchev–Trinajstić information content (AvgIpc) is 3.44. The molecule has 0 saturated heterocycles. The minimum Gasteiger partial charge on any atom is -0.495 e. The van der Waals surface area contributed by atoms with Crippen LogP contribution in [-0.4, -0.2) is 62.8 Å². The maximum Gasteiger partial charge on any atom is 0.251 e. The molecule has 0 unspecified atom stereocenters. The number of amides is 2. The van der Waals surface area contributed by atoms with Gasteiger partial charge >= 0.3 is 0 Å². The fourth-order valence-electron chi connectivity index (χ4n) is 5.13. The molecule has 2 aromatic rings. The van der Waals surface area contributed by atoms with Crippen LogP contribution in [0.1, 0.15) is 62.7 Å². The monoisotopic (exact) mass is 509 g/mol. The minimum atomic E-state index is -0.256. The fourth-order valence-corrected chi connectivity index (χ4v) is 5.13. The summed E-state index contributed by atoms with van der Waals surface area (Å²) in [6.07, 6.45) is 6.25. The highest BCUT2D eigenvalue weighted by atomic mass is 16.5. The summed E-state index contributed by atoms with van der Waals surface area (Å²) < 4.78 is 11.0. The third-order valence-corrected chi connectivity index (χ3v) is 7.11. The molecule has 9 heteroatoms. The zero-order chi connectivity index (χ0) is 26.4. The quantitative estimate of drug-likeness (QED) is 0.431. The van der Waals surface area contributed by atoms with Crippen molar-refractivity contribution in [2.45, 2.75) is 64.5 Å². The van der Waals surface area contributed by atoms with E-state index in [2.05, 4.69) is 22.5 Å². The average molecular weight is 510 g/mol. The molecule has 200 valence electrons. The van der Waals surface area contributed by atoms with Crippen molar-refractivity contribution in [1.82, 2.24) is 10.3 Å². The Morgan fingerprint density at radius 1 is 1.16 bits per heavy atom. The summed E-state index contributed by atoms with van der Waals surface area (Å²) in [5.41, 5.74) is 2.05. The number of benzene rings is 1. The van der Waals surface area contributed by atoms with Crippen LogP contribution in [0.2, 0.25) is 0 Å². The van der Waals surface area contributed by atoms with Gasteiger partial charge in [0.2, 0.25) is 5.91 Å². The molecule has 1 aromatic heterocycles. The number of nitrogens with zero attached hydrogens (tertiary/aromatic N) is 3. The first-order valence-corrected chi connectivity index (χ1v) is 13.3. The van der Waals surface area contributed by atoms with E-state index < -0.39 is 0 Å². The summed E-state index contributed by atoms with van der Waals surface area (Å²) in [6, 6.07) is 9.19. The number of rotatable bonds is 11. The van der Waals surface area contributed by atoms with E-state index >= 15 is 0 Å². The molecular weight excluding hydrogens is 470 g/mol. The number of methoxy groups -OCH3 is 1. The third kappa shape index (κ3) is 5.98. The highest BCUT2D eigenvalue weighted by molar-refractivity contribution is 6.04. The number of nitrogens with one attached hydrogen (secondary N) is 2. The first-order valence-electron chi connectivity index (χ1n) is 13.3. The molecule has 0 bridgehead atoms. The number of likely N-dealkylation sites (N-methyl/N-ethyl adjacent to an activating group) is 1. The van der Waals surface area contributed by atoms with Crippen LogP contribution in [0.5, 0.6) is 5.75 Å². The Labute approximate surface area is 219 Å². The van der Waals surface area contributed by atoms with E-state index in [1.165, 1.54) is 12.8 Å². The van der Waals surface area contributed by atoms with E-state index in [4.69, 9.17) is 14.5 Å². The Bertz CT molecular complexity index is 1100. The highest BCUT2D eigenvalue weighted by Gasteiger charge is 2.39. The van der Waals surface area contributed by atoms with Crippen LogP contribution < -0.4 is 25.2 Å². The van der Waals surface area contributed by atoms with Crippen LogP contribution in [0.4, 0.5) is 23.0 Å². The van der Waals surface area contributed by atoms with Gasteiger partial charge in [0.05, 0.1) is 18.5 Å². The van der Waals surface area contributed by atoms with Gasteiger partial charge in [0, 0.05) is 38.4 Å². The molecule has 9 nitrogen and oxygen atoms in total. The van der Waals surface area contributed by atoms with Gasteiger partial charge in [-0.05, 0) is 62.9 Å². The Balaban J connectivity index is 1.49. The van der Waals surface area contributed by atoms with Crippen molar-refractivity contribution in [3.63, 3.8) is 0 Å². The molecule has 1 fully saturated rings. The van der Waals surface area contributed by atoms with Gasteiger partial charge in [-0.2, -0.15) is 0 Å². The van der Waals surface area contributed by atoms with E-state index in [9.17, 15) is 9.59 Å². The van der Waals surface area contributed by atoms with Crippen molar-refractivity contribution in [2.24, 2.45) is 0 Å². The molecule has 0 radical (unpaired) electrons. The summed E-state index contributed by atoms with van der Waals surface area (Å²) in [5, 5.41) is 6.28. The van der Waals surface area contributed by atoms with E-state index in [1.807, 2.05) is 32.2 Å². The van der Waals surface area contributed by atoms with Gasteiger partial charge in [0.1, 0.15) is 17.6 Å². The Hall–Kier alpha value is -3.33. The molecule has 2 heterocycles. The summed E-state index contributed by atoms with van der Waals surface area (Å²) in [5.74, 6) is 1.96. The second kappa shape index (κ2) is 12.3. The van der Waals surface area contributed by atoms with E-state index in [0.29, 0.717) is 42.0 Å². The summed E-state index contributed by atoms with van der Waals surface area (Å²) in [7, 11) is 3.39. The van der Waals surface area contributed by atoms with Crippen molar-refractivity contribution in [1.29, 1.82) is 0 Å². The van der Waals surface area contributed by atoms with Crippen LogP contribution in [0, 0.1) is 0 Å². The maximum absolute atomic E-state index is 12.9. The molecule has 1 aliphatic heterocycles. The molecular formula is C28H39N5O4. The molecule has 2 N–H and O–H groups in total. The van der Waals surface area contributed by atoms with Gasteiger partial charge in [-0.25, -0.2) is 4.98 Å². The smallest absolute Gasteiger partial charge is 0.251 e. The summed E-state index contributed by atoms with van der Waals surface area (Å²) in [4.78, 5) is 34.4. The van der Waals surface area contributed by atoms with Crippen molar-refractivity contribution in [3.8, 4) is 5.75 Å². The molecule has 1 aromatic carbocycles. The highest BCUT2D eigenvalue weighted by Crippen LogP contribution is 2.40. The number of carbonyl (C=O) groups excluding carboxylic acids is 2. The topological polar surface area (TPSA) is 96.0 Å². The molecule has 1 saturated carbocycles. The second-order valence-corrected chi connectivity index (χ2v) is 9.72. The predicted molar refractivity (Wildman–Crippen MR) is 146 cm³/mol. The minimum absolute atomic E-state index is 0.0888. The number of hydrogen-bond donors (Lipinski definition) is 2. The molecule has 4 rings (SSSR count). The zero-order valence-electron chi connectivity index (χ0n) is 22.4. The lowest BCUT2D eigenvalue weighted by molar-refractivity contribution is -0.119. The number of aromatic nitrogens is 1. The van der Waals surface area contributed by atoms with Gasteiger partial charge < -0.3 is 29.9 Å². The summed E-state index contributed by atoms with van der Waals surface area (Å²) in [6.45, 7) is 5.96. The van der Waals surface area contributed by atoms with Crippen LogP contribution in [0.3, 0.4) is 0 Å².